The lowest BCUT2D eigenvalue weighted by Gasteiger charge is -2.06. The molecule has 5 nitrogen and oxygen atoms in total. The average molecular weight is 268 g/mol. The lowest BCUT2D eigenvalue weighted by molar-refractivity contribution is -0.142. The Bertz CT molecular complexity index is 496. The monoisotopic (exact) mass is 268 g/mol. The lowest BCUT2D eigenvalue weighted by Crippen LogP contribution is -2.27. The number of hydrogen-bond acceptors (Lipinski definition) is 4. The van der Waals surface area contributed by atoms with Crippen molar-refractivity contribution in [2.75, 3.05) is 13.2 Å². The Morgan fingerprint density at radius 3 is 2.89 bits per heavy atom. The number of H-pyrrole nitrogens is 1. The Balaban J connectivity index is 2.53. The summed E-state index contributed by atoms with van der Waals surface area (Å²) in [6, 6.07) is 1.71. The topological polar surface area (TPSA) is 71.2 Å². The molecule has 1 amide bonds. The van der Waals surface area contributed by atoms with Gasteiger partial charge < -0.3 is 15.0 Å². The molecular formula is C12H16N2O3S. The molecule has 0 aliphatic rings. The van der Waals surface area contributed by atoms with Crippen molar-refractivity contribution >= 4 is 24.1 Å². The summed E-state index contributed by atoms with van der Waals surface area (Å²) in [4.78, 5) is 25.7. The fourth-order valence-corrected chi connectivity index (χ4v) is 1.58. The second-order valence-electron chi connectivity index (χ2n) is 3.73. The van der Waals surface area contributed by atoms with Gasteiger partial charge in [0.25, 0.3) is 5.91 Å². The molecule has 1 heterocycles. The van der Waals surface area contributed by atoms with Gasteiger partial charge in [0.05, 0.1) is 18.6 Å². The summed E-state index contributed by atoms with van der Waals surface area (Å²) in [7, 11) is 0. The highest BCUT2D eigenvalue weighted by Crippen LogP contribution is 2.04. The predicted octanol–water partition coefficient (Wildman–Crippen LogP) is 1.74. The summed E-state index contributed by atoms with van der Waals surface area (Å²) in [6.45, 7) is 4.18. The molecule has 0 aromatic carbocycles. The van der Waals surface area contributed by atoms with Crippen molar-refractivity contribution in [1.29, 1.82) is 0 Å². The maximum Gasteiger partial charge on any atom is 0.307 e. The van der Waals surface area contributed by atoms with Gasteiger partial charge in [0.1, 0.15) is 4.64 Å². The highest BCUT2D eigenvalue weighted by molar-refractivity contribution is 7.71. The van der Waals surface area contributed by atoms with E-state index >= 15 is 0 Å². The number of hydrogen-bond donors (Lipinski definition) is 2. The summed E-state index contributed by atoms with van der Waals surface area (Å²) in [5.74, 6) is -0.614. The second-order valence-corrected chi connectivity index (χ2v) is 4.14. The summed E-state index contributed by atoms with van der Waals surface area (Å²) in [5.41, 5.74) is 1.33. The zero-order valence-corrected chi connectivity index (χ0v) is 11.2. The Morgan fingerprint density at radius 1 is 1.50 bits per heavy atom. The molecule has 0 aliphatic heterocycles. The third-order valence-corrected chi connectivity index (χ3v) is 2.55. The van der Waals surface area contributed by atoms with E-state index in [1.54, 1.807) is 19.2 Å². The number of nitrogens with one attached hydrogen (secondary N) is 2. The van der Waals surface area contributed by atoms with Gasteiger partial charge in [-0.15, -0.1) is 0 Å². The molecule has 0 saturated heterocycles. The minimum Gasteiger partial charge on any atom is -0.466 e. The van der Waals surface area contributed by atoms with Crippen LogP contribution in [-0.4, -0.2) is 30.0 Å². The van der Waals surface area contributed by atoms with Crippen LogP contribution in [0, 0.1) is 11.6 Å². The van der Waals surface area contributed by atoms with E-state index in [1.165, 1.54) is 0 Å². The van der Waals surface area contributed by atoms with Gasteiger partial charge in [-0.25, -0.2) is 0 Å². The molecule has 1 aromatic heterocycles. The van der Waals surface area contributed by atoms with Crippen LogP contribution < -0.4 is 5.32 Å². The van der Waals surface area contributed by atoms with E-state index < -0.39 is 0 Å². The SMILES string of the molecule is CCOC(=O)CCNC(=O)c1cc(C)c[nH]c1=S. The van der Waals surface area contributed by atoms with Gasteiger partial charge in [-0.05, 0) is 25.5 Å². The molecule has 6 heteroatoms. The Kier molecular flexibility index (Phi) is 5.51. The molecule has 0 fully saturated rings. The van der Waals surface area contributed by atoms with Crippen molar-refractivity contribution in [3.63, 3.8) is 0 Å². The van der Waals surface area contributed by atoms with Gasteiger partial charge in [-0.2, -0.15) is 0 Å². The predicted molar refractivity (Wildman–Crippen MR) is 69.9 cm³/mol. The third kappa shape index (κ3) is 4.29. The number of aromatic amines is 1. The number of carbonyl (C=O) groups is 2. The number of rotatable bonds is 5. The summed E-state index contributed by atoms with van der Waals surface area (Å²) < 4.78 is 5.14. The highest BCUT2D eigenvalue weighted by Gasteiger charge is 2.09. The molecule has 0 aliphatic carbocycles. The van der Waals surface area contributed by atoms with E-state index in [0.29, 0.717) is 16.8 Å². The molecule has 0 bridgehead atoms. The van der Waals surface area contributed by atoms with Gasteiger partial charge in [0.15, 0.2) is 0 Å². The van der Waals surface area contributed by atoms with Gasteiger partial charge in [0.2, 0.25) is 0 Å². The van der Waals surface area contributed by atoms with Crippen LogP contribution in [0.15, 0.2) is 12.3 Å². The summed E-state index contributed by atoms with van der Waals surface area (Å²) in [6.07, 6.45) is 1.89. The van der Waals surface area contributed by atoms with E-state index in [1.807, 2.05) is 6.92 Å². The molecule has 2 N–H and O–H groups in total. The van der Waals surface area contributed by atoms with Crippen LogP contribution >= 0.6 is 12.2 Å². The quantitative estimate of drug-likeness (QED) is 0.630. The molecule has 0 saturated carbocycles. The normalized spacial score (nSPS) is 9.89. The fourth-order valence-electron chi connectivity index (χ4n) is 1.37. The number of carbonyl (C=O) groups excluding carboxylic acids is 2. The number of aromatic nitrogens is 1. The van der Waals surface area contributed by atoms with Gasteiger partial charge in [-0.1, -0.05) is 12.2 Å². The molecule has 0 atom stereocenters. The lowest BCUT2D eigenvalue weighted by atomic mass is 10.2. The molecule has 0 unspecified atom stereocenters. The van der Waals surface area contributed by atoms with E-state index in [2.05, 4.69) is 10.3 Å². The van der Waals surface area contributed by atoms with E-state index in [9.17, 15) is 9.59 Å². The fraction of sp³-hybridized carbons (Fsp3) is 0.417. The number of aryl methyl sites for hydroxylation is 1. The van der Waals surface area contributed by atoms with Gasteiger partial charge >= 0.3 is 5.97 Å². The summed E-state index contributed by atoms with van der Waals surface area (Å²) >= 11 is 5.02. The van der Waals surface area contributed by atoms with Crippen LogP contribution in [0.3, 0.4) is 0 Å². The molecule has 1 aromatic rings. The van der Waals surface area contributed by atoms with Crippen LogP contribution in [-0.2, 0) is 9.53 Å². The average Bonchev–Trinajstić information content (AvgIpc) is 2.32. The Hall–Kier alpha value is -1.69. The summed E-state index contributed by atoms with van der Waals surface area (Å²) in [5, 5.41) is 2.63. The molecule has 1 rings (SSSR count). The van der Waals surface area contributed by atoms with Crippen LogP contribution in [0.5, 0.6) is 0 Å². The van der Waals surface area contributed by atoms with Crippen LogP contribution in [0.1, 0.15) is 29.3 Å². The van der Waals surface area contributed by atoms with Crippen molar-refractivity contribution in [3.8, 4) is 0 Å². The zero-order valence-electron chi connectivity index (χ0n) is 10.4. The second kappa shape index (κ2) is 6.90. The number of esters is 1. The highest BCUT2D eigenvalue weighted by atomic mass is 32.1. The Morgan fingerprint density at radius 2 is 2.22 bits per heavy atom. The van der Waals surface area contributed by atoms with Gasteiger partial charge in [-0.3, -0.25) is 9.59 Å². The maximum atomic E-state index is 11.8. The largest absolute Gasteiger partial charge is 0.466 e. The van der Waals surface area contributed by atoms with Crippen LogP contribution in [0.4, 0.5) is 0 Å². The minimum atomic E-state index is -0.327. The molecule has 98 valence electrons. The van der Waals surface area contributed by atoms with Gasteiger partial charge in [0, 0.05) is 12.7 Å². The smallest absolute Gasteiger partial charge is 0.307 e. The van der Waals surface area contributed by atoms with Crippen LogP contribution in [0.25, 0.3) is 0 Å². The number of pyridine rings is 1. The Labute approximate surface area is 111 Å². The maximum absolute atomic E-state index is 11.8. The first-order chi connectivity index (χ1) is 8.54. The van der Waals surface area contributed by atoms with E-state index in [0.717, 1.165) is 5.56 Å². The molecular weight excluding hydrogens is 252 g/mol. The molecule has 0 spiro atoms. The first kappa shape index (κ1) is 14.4. The first-order valence-corrected chi connectivity index (χ1v) is 6.08. The molecule has 18 heavy (non-hydrogen) atoms. The standard InChI is InChI=1S/C12H16N2O3S/c1-3-17-10(15)4-5-13-11(16)9-6-8(2)7-14-12(9)18/h6-7H,3-5H2,1-2H3,(H,13,16)(H,14,18). The van der Waals surface area contributed by atoms with Crippen LogP contribution in [0.2, 0.25) is 0 Å². The van der Waals surface area contributed by atoms with Crippen molar-refractivity contribution in [2.24, 2.45) is 0 Å². The van der Waals surface area contributed by atoms with Crippen molar-refractivity contribution in [1.82, 2.24) is 10.3 Å². The number of amides is 1. The van der Waals surface area contributed by atoms with Crippen molar-refractivity contribution in [3.05, 3.63) is 28.0 Å². The van der Waals surface area contributed by atoms with E-state index in [4.69, 9.17) is 17.0 Å². The van der Waals surface area contributed by atoms with E-state index in [-0.39, 0.29) is 24.8 Å². The molecule has 0 radical (unpaired) electrons. The van der Waals surface area contributed by atoms with Crippen molar-refractivity contribution < 1.29 is 14.3 Å². The third-order valence-electron chi connectivity index (χ3n) is 2.21. The van der Waals surface area contributed by atoms with Crippen molar-refractivity contribution in [2.45, 2.75) is 20.3 Å². The minimum absolute atomic E-state index is 0.155. The first-order valence-electron chi connectivity index (χ1n) is 5.67. The zero-order chi connectivity index (χ0) is 13.5. The number of ether oxygens (including phenoxy) is 1.